The van der Waals surface area contributed by atoms with Gasteiger partial charge in [0.15, 0.2) is 11.0 Å². The van der Waals surface area contributed by atoms with E-state index in [1.807, 2.05) is 35.7 Å². The van der Waals surface area contributed by atoms with Crippen LogP contribution in [0, 0.1) is 0 Å². The molecule has 4 rings (SSSR count). The normalized spacial score (nSPS) is 13.8. The van der Waals surface area contributed by atoms with Crippen molar-refractivity contribution in [2.45, 2.75) is 24.0 Å². The highest BCUT2D eigenvalue weighted by atomic mass is 79.9. The number of benzene rings is 1. The van der Waals surface area contributed by atoms with E-state index in [0.717, 1.165) is 38.9 Å². The Kier molecular flexibility index (Phi) is 4.91. The summed E-state index contributed by atoms with van der Waals surface area (Å²) in [5.74, 6) is 1.18. The number of amides is 1. The Morgan fingerprint density at radius 1 is 1.28 bits per heavy atom. The van der Waals surface area contributed by atoms with Crippen LogP contribution in [0.1, 0.15) is 18.9 Å². The molecule has 0 aliphatic heterocycles. The van der Waals surface area contributed by atoms with Gasteiger partial charge in [-0.3, -0.25) is 9.36 Å². The molecular formula is C17H15BrN4OS2. The molecule has 0 atom stereocenters. The van der Waals surface area contributed by atoms with Crippen LogP contribution in [-0.4, -0.2) is 26.4 Å². The van der Waals surface area contributed by atoms with Crippen LogP contribution in [-0.2, 0) is 4.79 Å². The van der Waals surface area contributed by atoms with Crippen LogP contribution in [0.4, 0.5) is 5.69 Å². The molecule has 25 heavy (non-hydrogen) atoms. The molecule has 1 amide bonds. The molecule has 5 nitrogen and oxygen atoms in total. The molecule has 128 valence electrons. The zero-order valence-corrected chi connectivity index (χ0v) is 16.4. The molecule has 1 saturated carbocycles. The molecular weight excluding hydrogens is 420 g/mol. The molecule has 1 aliphatic rings. The third-order valence-corrected chi connectivity index (χ3v) is 6.12. The summed E-state index contributed by atoms with van der Waals surface area (Å²) in [6.07, 6.45) is 2.30. The van der Waals surface area contributed by atoms with Gasteiger partial charge in [0, 0.05) is 16.2 Å². The maximum Gasteiger partial charge on any atom is 0.234 e. The van der Waals surface area contributed by atoms with Crippen LogP contribution < -0.4 is 5.32 Å². The van der Waals surface area contributed by atoms with Crippen LogP contribution in [0.3, 0.4) is 0 Å². The number of thiophene rings is 1. The minimum Gasteiger partial charge on any atom is -0.325 e. The first-order valence-corrected chi connectivity index (χ1v) is 10.5. The predicted octanol–water partition coefficient (Wildman–Crippen LogP) is 4.83. The number of aromatic nitrogens is 3. The third-order valence-electron chi connectivity index (χ3n) is 3.78. The number of carbonyl (C=O) groups is 1. The Bertz CT molecular complexity index is 873. The molecule has 8 heteroatoms. The fraction of sp³-hybridized carbons (Fsp3) is 0.235. The molecule has 1 aromatic carbocycles. The molecule has 3 aromatic rings. The lowest BCUT2D eigenvalue weighted by Gasteiger charge is -2.08. The van der Waals surface area contributed by atoms with E-state index in [2.05, 4.69) is 42.1 Å². The van der Waals surface area contributed by atoms with E-state index in [0.29, 0.717) is 11.8 Å². The van der Waals surface area contributed by atoms with E-state index in [1.165, 1.54) is 11.8 Å². The average molecular weight is 435 g/mol. The highest BCUT2D eigenvalue weighted by molar-refractivity contribution is 9.10. The molecule has 0 saturated heterocycles. The first kappa shape index (κ1) is 16.8. The second-order valence-corrected chi connectivity index (χ2v) is 8.53. The summed E-state index contributed by atoms with van der Waals surface area (Å²) in [5, 5.41) is 14.4. The smallest absolute Gasteiger partial charge is 0.234 e. The maximum absolute atomic E-state index is 12.2. The number of nitrogens with zero attached hydrogens (tertiary/aromatic N) is 3. The zero-order valence-electron chi connectivity index (χ0n) is 13.2. The molecule has 1 N–H and O–H groups in total. The number of thioether (sulfide) groups is 1. The van der Waals surface area contributed by atoms with Crippen LogP contribution >= 0.6 is 39.0 Å². The quantitative estimate of drug-likeness (QED) is 0.564. The van der Waals surface area contributed by atoms with Crippen molar-refractivity contribution in [3.63, 3.8) is 0 Å². The fourth-order valence-corrected chi connectivity index (χ4v) is 4.25. The highest BCUT2D eigenvalue weighted by Crippen LogP contribution is 2.41. The van der Waals surface area contributed by atoms with Gasteiger partial charge in [0.05, 0.1) is 10.6 Å². The minimum atomic E-state index is -0.0460. The van der Waals surface area contributed by atoms with Gasteiger partial charge in [0.25, 0.3) is 0 Å². The van der Waals surface area contributed by atoms with Gasteiger partial charge < -0.3 is 5.32 Å². The van der Waals surface area contributed by atoms with Gasteiger partial charge in [-0.05, 0) is 48.6 Å². The largest absolute Gasteiger partial charge is 0.325 e. The summed E-state index contributed by atoms with van der Waals surface area (Å²) in [4.78, 5) is 13.3. The molecule has 2 aromatic heterocycles. The van der Waals surface area contributed by atoms with Gasteiger partial charge in [-0.1, -0.05) is 33.8 Å². The van der Waals surface area contributed by atoms with Crippen molar-refractivity contribution in [2.75, 3.05) is 11.1 Å². The lowest BCUT2D eigenvalue weighted by molar-refractivity contribution is -0.113. The first-order valence-electron chi connectivity index (χ1n) is 7.88. The van der Waals surface area contributed by atoms with Gasteiger partial charge in [-0.2, -0.15) is 0 Å². The van der Waals surface area contributed by atoms with Crippen LogP contribution in [0.2, 0.25) is 0 Å². The fourth-order valence-electron chi connectivity index (χ4n) is 2.47. The van der Waals surface area contributed by atoms with Crippen LogP contribution in [0.25, 0.3) is 10.7 Å². The first-order chi connectivity index (χ1) is 12.2. The van der Waals surface area contributed by atoms with E-state index >= 15 is 0 Å². The molecule has 0 unspecified atom stereocenters. The summed E-state index contributed by atoms with van der Waals surface area (Å²) >= 11 is 6.48. The van der Waals surface area contributed by atoms with E-state index < -0.39 is 0 Å². The van der Waals surface area contributed by atoms with Crippen molar-refractivity contribution in [3.05, 3.63) is 46.3 Å². The van der Waals surface area contributed by atoms with Crippen molar-refractivity contribution < 1.29 is 4.79 Å². The second kappa shape index (κ2) is 7.31. The van der Waals surface area contributed by atoms with Gasteiger partial charge in [-0.15, -0.1) is 21.5 Å². The average Bonchev–Trinajstić information content (AvgIpc) is 3.13. The summed E-state index contributed by atoms with van der Waals surface area (Å²) in [5.41, 5.74) is 0.789. The number of hydrogen-bond donors (Lipinski definition) is 1. The van der Waals surface area contributed by atoms with Gasteiger partial charge in [-0.25, -0.2) is 0 Å². The Morgan fingerprint density at radius 3 is 2.76 bits per heavy atom. The predicted molar refractivity (Wildman–Crippen MR) is 105 cm³/mol. The maximum atomic E-state index is 12.2. The number of halogens is 1. The number of carbonyl (C=O) groups excluding carboxylic acids is 1. The van der Waals surface area contributed by atoms with Gasteiger partial charge in [0.2, 0.25) is 5.91 Å². The lowest BCUT2D eigenvalue weighted by atomic mass is 10.3. The zero-order chi connectivity index (χ0) is 17.2. The Hall–Kier alpha value is -1.64. The van der Waals surface area contributed by atoms with Gasteiger partial charge in [0.1, 0.15) is 0 Å². The molecule has 0 bridgehead atoms. The van der Waals surface area contributed by atoms with Crippen molar-refractivity contribution in [2.24, 2.45) is 0 Å². The van der Waals surface area contributed by atoms with Gasteiger partial charge >= 0.3 is 0 Å². The third kappa shape index (κ3) is 3.96. The van der Waals surface area contributed by atoms with Crippen LogP contribution in [0.5, 0.6) is 0 Å². The van der Waals surface area contributed by atoms with Crippen LogP contribution in [0.15, 0.2) is 51.4 Å². The monoisotopic (exact) mass is 434 g/mol. The SMILES string of the molecule is O=C(CSc1nnc(-c2cccs2)n1C1CC1)Nc1ccc(Br)cc1. The summed E-state index contributed by atoms with van der Waals surface area (Å²) in [7, 11) is 0. The molecule has 1 fully saturated rings. The van der Waals surface area contributed by atoms with Crippen molar-refractivity contribution in [1.29, 1.82) is 0 Å². The van der Waals surface area contributed by atoms with E-state index in [1.54, 1.807) is 11.3 Å². The van der Waals surface area contributed by atoms with E-state index in [9.17, 15) is 4.79 Å². The lowest BCUT2D eigenvalue weighted by Crippen LogP contribution is -2.14. The van der Waals surface area contributed by atoms with Crippen molar-refractivity contribution in [1.82, 2.24) is 14.8 Å². The highest BCUT2D eigenvalue weighted by Gasteiger charge is 2.30. The summed E-state index contributed by atoms with van der Waals surface area (Å²) in [6.45, 7) is 0. The Morgan fingerprint density at radius 2 is 2.08 bits per heavy atom. The molecule has 1 aliphatic carbocycles. The molecule has 2 heterocycles. The Labute approximate surface area is 162 Å². The number of hydrogen-bond acceptors (Lipinski definition) is 5. The standard InChI is InChI=1S/C17H15BrN4OS2/c18-11-3-5-12(6-4-11)19-15(23)10-25-17-21-20-16(14-2-1-9-24-14)22(17)13-7-8-13/h1-6,9,13H,7-8,10H2,(H,19,23). The minimum absolute atomic E-state index is 0.0460. The number of rotatable bonds is 6. The van der Waals surface area contributed by atoms with Crippen molar-refractivity contribution in [3.8, 4) is 10.7 Å². The summed E-state index contributed by atoms with van der Waals surface area (Å²) < 4.78 is 3.17. The topological polar surface area (TPSA) is 59.8 Å². The number of nitrogens with one attached hydrogen (secondary N) is 1. The Balaban J connectivity index is 1.44. The van der Waals surface area contributed by atoms with Crippen molar-refractivity contribution >= 4 is 50.6 Å². The summed E-state index contributed by atoms with van der Waals surface area (Å²) in [6, 6.07) is 12.1. The van der Waals surface area contributed by atoms with E-state index in [4.69, 9.17) is 0 Å². The molecule has 0 spiro atoms. The second-order valence-electron chi connectivity index (χ2n) is 5.73. The number of anilines is 1. The molecule has 0 radical (unpaired) electrons. The van der Waals surface area contributed by atoms with E-state index in [-0.39, 0.29) is 5.91 Å².